The van der Waals surface area contributed by atoms with E-state index in [1.807, 2.05) is 35.8 Å². The predicted octanol–water partition coefficient (Wildman–Crippen LogP) is 5.12. The summed E-state index contributed by atoms with van der Waals surface area (Å²) in [4.78, 5) is 17.3. The number of aromatic nitrogens is 3. The number of amides is 1. The third-order valence-electron chi connectivity index (χ3n) is 5.24. The maximum atomic E-state index is 13.5. The van der Waals surface area contributed by atoms with Crippen LogP contribution < -0.4 is 5.32 Å². The molecule has 154 valence electrons. The molecule has 3 heterocycles. The van der Waals surface area contributed by atoms with Crippen molar-refractivity contribution in [2.24, 2.45) is 0 Å². The average molecular weight is 431 g/mol. The molecular formula is C24H19FN4OS. The Kier molecular flexibility index (Phi) is 5.09. The first-order chi connectivity index (χ1) is 15.2. The van der Waals surface area contributed by atoms with Gasteiger partial charge >= 0.3 is 0 Å². The van der Waals surface area contributed by atoms with E-state index in [2.05, 4.69) is 27.5 Å². The van der Waals surface area contributed by atoms with Crippen LogP contribution in [0.2, 0.25) is 0 Å². The molecule has 31 heavy (non-hydrogen) atoms. The summed E-state index contributed by atoms with van der Waals surface area (Å²) >= 11 is 1.67. The van der Waals surface area contributed by atoms with Gasteiger partial charge in [0.15, 0.2) is 5.69 Å². The molecule has 0 aliphatic rings. The van der Waals surface area contributed by atoms with Crippen molar-refractivity contribution in [2.75, 3.05) is 6.54 Å². The Morgan fingerprint density at radius 2 is 2.03 bits per heavy atom. The lowest BCUT2D eigenvalue weighted by atomic mass is 9.96. The molecule has 0 saturated carbocycles. The number of rotatable bonds is 6. The number of fused-ring (bicyclic) bond motifs is 1. The number of H-pyrrole nitrogens is 1. The summed E-state index contributed by atoms with van der Waals surface area (Å²) in [6.45, 7) is 0.439. The first-order valence-corrected chi connectivity index (χ1v) is 10.8. The number of nitrogens with zero attached hydrogens (tertiary/aromatic N) is 2. The maximum Gasteiger partial charge on any atom is 0.271 e. The van der Waals surface area contributed by atoms with Crippen molar-refractivity contribution in [1.82, 2.24) is 20.1 Å². The highest BCUT2D eigenvalue weighted by atomic mass is 32.1. The summed E-state index contributed by atoms with van der Waals surface area (Å²) in [5, 5.41) is 10.5. The van der Waals surface area contributed by atoms with Crippen LogP contribution in [-0.4, -0.2) is 27.2 Å². The normalized spacial score (nSPS) is 12.2. The monoisotopic (exact) mass is 430 g/mol. The first-order valence-electron chi connectivity index (χ1n) is 9.88. The Hall–Kier alpha value is -3.71. The summed E-state index contributed by atoms with van der Waals surface area (Å²) in [5.74, 6) is -0.599. The number of nitrogens with one attached hydrogen (secondary N) is 2. The Morgan fingerprint density at radius 1 is 1.13 bits per heavy atom. The second-order valence-corrected chi connectivity index (χ2v) is 8.17. The third-order valence-corrected chi connectivity index (χ3v) is 6.23. The second kappa shape index (κ2) is 8.20. The molecule has 7 heteroatoms. The number of thiophene rings is 1. The first kappa shape index (κ1) is 19.3. The smallest absolute Gasteiger partial charge is 0.271 e. The molecule has 0 radical (unpaired) electrons. The highest BCUT2D eigenvalue weighted by molar-refractivity contribution is 7.10. The number of carbonyl (C=O) groups is 1. The second-order valence-electron chi connectivity index (χ2n) is 7.19. The lowest BCUT2D eigenvalue weighted by molar-refractivity contribution is 0.0947. The van der Waals surface area contributed by atoms with Gasteiger partial charge in [-0.3, -0.25) is 4.79 Å². The van der Waals surface area contributed by atoms with Crippen LogP contribution in [0.15, 0.2) is 84.5 Å². The summed E-state index contributed by atoms with van der Waals surface area (Å²) in [6.07, 6.45) is 3.67. The standard InChI is InChI=1S/C24H19FN4OS/c25-16-5-3-6-17(13-16)29-11-10-22(28-29)24(30)27-15-20(23-9-4-12-31-23)19-14-26-21-8-2-1-7-18(19)21/h1-14,20,26H,15H2,(H,27,30). The summed E-state index contributed by atoms with van der Waals surface area (Å²) in [7, 11) is 0. The number of carbonyl (C=O) groups excluding carboxylic acids is 1. The largest absolute Gasteiger partial charge is 0.361 e. The van der Waals surface area contributed by atoms with E-state index in [4.69, 9.17) is 0 Å². The van der Waals surface area contributed by atoms with E-state index in [-0.39, 0.29) is 23.3 Å². The van der Waals surface area contributed by atoms with Crippen molar-refractivity contribution in [2.45, 2.75) is 5.92 Å². The molecular weight excluding hydrogens is 411 g/mol. The van der Waals surface area contributed by atoms with Gasteiger partial charge < -0.3 is 10.3 Å². The summed E-state index contributed by atoms with van der Waals surface area (Å²) in [6, 6.07) is 20.0. The van der Waals surface area contributed by atoms with Gasteiger partial charge in [-0.2, -0.15) is 5.10 Å². The zero-order chi connectivity index (χ0) is 21.2. The number of halogens is 1. The van der Waals surface area contributed by atoms with E-state index in [0.717, 1.165) is 16.5 Å². The Bertz CT molecular complexity index is 1340. The van der Waals surface area contributed by atoms with E-state index in [9.17, 15) is 9.18 Å². The number of hydrogen-bond acceptors (Lipinski definition) is 3. The van der Waals surface area contributed by atoms with Gasteiger partial charge in [-0.05, 0) is 47.3 Å². The number of para-hydroxylation sites is 1. The van der Waals surface area contributed by atoms with Crippen molar-refractivity contribution in [1.29, 1.82) is 0 Å². The van der Waals surface area contributed by atoms with Crippen LogP contribution in [0.3, 0.4) is 0 Å². The van der Waals surface area contributed by atoms with E-state index in [1.54, 1.807) is 35.7 Å². The molecule has 1 atom stereocenters. The van der Waals surface area contributed by atoms with Gasteiger partial charge in [0.2, 0.25) is 0 Å². The highest BCUT2D eigenvalue weighted by Gasteiger charge is 2.21. The van der Waals surface area contributed by atoms with Crippen molar-refractivity contribution in [3.05, 3.63) is 106 Å². The molecule has 0 bridgehead atoms. The third kappa shape index (κ3) is 3.87. The lowest BCUT2D eigenvalue weighted by Crippen LogP contribution is -2.29. The van der Waals surface area contributed by atoms with Crippen molar-refractivity contribution < 1.29 is 9.18 Å². The summed E-state index contributed by atoms with van der Waals surface area (Å²) < 4.78 is 15.0. The highest BCUT2D eigenvalue weighted by Crippen LogP contribution is 2.32. The SMILES string of the molecule is O=C(NCC(c1cccs1)c1c[nH]c2ccccc12)c1ccn(-c2cccc(F)c2)n1. The number of benzene rings is 2. The fourth-order valence-corrected chi connectivity index (χ4v) is 4.57. The molecule has 2 N–H and O–H groups in total. The van der Waals surface area contributed by atoms with Crippen LogP contribution in [0.5, 0.6) is 0 Å². The van der Waals surface area contributed by atoms with Gasteiger partial charge in [0.1, 0.15) is 5.82 Å². The molecule has 0 fully saturated rings. The van der Waals surface area contributed by atoms with E-state index >= 15 is 0 Å². The van der Waals surface area contributed by atoms with Gasteiger partial charge in [-0.1, -0.05) is 30.3 Å². The van der Waals surface area contributed by atoms with Crippen LogP contribution in [-0.2, 0) is 0 Å². The van der Waals surface area contributed by atoms with Crippen LogP contribution in [0.1, 0.15) is 26.8 Å². The van der Waals surface area contributed by atoms with Crippen molar-refractivity contribution >= 4 is 28.1 Å². The molecule has 1 unspecified atom stereocenters. The van der Waals surface area contributed by atoms with Crippen molar-refractivity contribution in [3.8, 4) is 5.69 Å². The van der Waals surface area contributed by atoms with Gasteiger partial charge in [-0.25, -0.2) is 9.07 Å². The van der Waals surface area contributed by atoms with Crippen LogP contribution in [0, 0.1) is 5.82 Å². The molecule has 5 nitrogen and oxygen atoms in total. The Labute approximate surface area is 182 Å². The molecule has 0 aliphatic carbocycles. The zero-order valence-corrected chi connectivity index (χ0v) is 17.3. The van der Waals surface area contributed by atoms with E-state index in [1.165, 1.54) is 21.7 Å². The van der Waals surface area contributed by atoms with Gasteiger partial charge in [0.05, 0.1) is 5.69 Å². The average Bonchev–Trinajstić information content (AvgIpc) is 3.55. The van der Waals surface area contributed by atoms with Crippen LogP contribution in [0.25, 0.3) is 16.6 Å². The zero-order valence-electron chi connectivity index (χ0n) is 16.5. The predicted molar refractivity (Wildman–Crippen MR) is 120 cm³/mol. The van der Waals surface area contributed by atoms with Gasteiger partial charge in [-0.15, -0.1) is 11.3 Å². The van der Waals surface area contributed by atoms with E-state index < -0.39 is 0 Å². The van der Waals surface area contributed by atoms with Crippen molar-refractivity contribution in [3.63, 3.8) is 0 Å². The quantitative estimate of drug-likeness (QED) is 0.393. The minimum Gasteiger partial charge on any atom is -0.361 e. The van der Waals surface area contributed by atoms with Crippen LogP contribution in [0.4, 0.5) is 4.39 Å². The lowest BCUT2D eigenvalue weighted by Gasteiger charge is -2.16. The molecule has 0 aliphatic heterocycles. The fraction of sp³-hybridized carbons (Fsp3) is 0.0833. The molecule has 1 amide bonds. The molecule has 3 aromatic heterocycles. The Morgan fingerprint density at radius 3 is 2.87 bits per heavy atom. The summed E-state index contributed by atoms with van der Waals surface area (Å²) in [5.41, 5.74) is 3.06. The molecule has 5 rings (SSSR count). The maximum absolute atomic E-state index is 13.5. The van der Waals surface area contributed by atoms with Gasteiger partial charge in [0, 0.05) is 40.6 Å². The van der Waals surface area contributed by atoms with Gasteiger partial charge in [0.25, 0.3) is 5.91 Å². The molecule has 2 aromatic carbocycles. The van der Waals surface area contributed by atoms with E-state index in [0.29, 0.717) is 12.2 Å². The number of aromatic amines is 1. The number of hydrogen-bond donors (Lipinski definition) is 2. The Balaban J connectivity index is 1.37. The molecule has 5 aromatic rings. The molecule has 0 saturated heterocycles. The minimum absolute atomic E-state index is 0.0189. The molecule has 0 spiro atoms. The minimum atomic E-state index is -0.350. The topological polar surface area (TPSA) is 62.7 Å². The fourth-order valence-electron chi connectivity index (χ4n) is 3.73. The van der Waals surface area contributed by atoms with Crippen LogP contribution >= 0.6 is 11.3 Å².